The minimum atomic E-state index is -0.433. The first-order valence-corrected chi connectivity index (χ1v) is 5.32. The fourth-order valence-corrected chi connectivity index (χ4v) is 2.01. The molecule has 1 amide bonds. The van der Waals surface area contributed by atoms with Gasteiger partial charge < -0.3 is 11.1 Å². The molecule has 1 aromatic carbocycles. The van der Waals surface area contributed by atoms with Crippen LogP contribution in [0.2, 0.25) is 0 Å². The topological polar surface area (TPSA) is 55.1 Å². The van der Waals surface area contributed by atoms with E-state index in [0.717, 1.165) is 12.8 Å². The molecule has 0 saturated heterocycles. The molecule has 1 aliphatic rings. The third-order valence-corrected chi connectivity index (χ3v) is 2.86. The number of carbonyl (C=O) groups is 1. The van der Waals surface area contributed by atoms with Gasteiger partial charge in [0.15, 0.2) is 0 Å². The lowest BCUT2D eigenvalue weighted by atomic mass is 10.1. The zero-order valence-electron chi connectivity index (χ0n) is 9.27. The van der Waals surface area contributed by atoms with Crippen LogP contribution in [0.15, 0.2) is 24.3 Å². The van der Waals surface area contributed by atoms with E-state index in [0.29, 0.717) is 0 Å². The molecule has 1 unspecified atom stereocenters. The van der Waals surface area contributed by atoms with Crippen molar-refractivity contribution in [1.29, 1.82) is 0 Å². The van der Waals surface area contributed by atoms with E-state index in [1.54, 1.807) is 6.92 Å². The summed E-state index contributed by atoms with van der Waals surface area (Å²) < 4.78 is 0. The molecule has 3 N–H and O–H groups in total. The Morgan fingerprint density at radius 1 is 1.50 bits per heavy atom. The number of nitrogens with one attached hydrogen (secondary N) is 1. The first-order chi connectivity index (χ1) is 7.18. The summed E-state index contributed by atoms with van der Waals surface area (Å²) in [6.45, 7) is 1.70. The van der Waals surface area contributed by atoms with Gasteiger partial charge in [-0.05, 0) is 30.9 Å². The Morgan fingerprint density at radius 3 is 2.88 bits per heavy atom. The number of carbonyl (C=O) groups excluding carboxylic acids is 1. The average Bonchev–Trinajstić information content (AvgIpc) is 2.62. The number of halogens is 1. The zero-order valence-corrected chi connectivity index (χ0v) is 10.1. The fraction of sp³-hybridized carbons (Fsp3) is 0.417. The molecule has 2 rings (SSSR count). The number of hydrogen-bond donors (Lipinski definition) is 2. The van der Waals surface area contributed by atoms with Crippen LogP contribution in [-0.4, -0.2) is 11.9 Å². The predicted molar refractivity (Wildman–Crippen MR) is 66.5 cm³/mol. The average molecular weight is 241 g/mol. The summed E-state index contributed by atoms with van der Waals surface area (Å²) in [5, 5.41) is 2.97. The molecule has 0 fully saturated rings. The van der Waals surface area contributed by atoms with Gasteiger partial charge in [-0.2, -0.15) is 0 Å². The lowest BCUT2D eigenvalue weighted by molar-refractivity contribution is -0.122. The highest BCUT2D eigenvalue weighted by molar-refractivity contribution is 5.85. The number of benzene rings is 1. The molecule has 16 heavy (non-hydrogen) atoms. The molecule has 0 aliphatic heterocycles. The molecule has 0 spiro atoms. The number of rotatable bonds is 2. The summed E-state index contributed by atoms with van der Waals surface area (Å²) >= 11 is 0. The number of amides is 1. The molecular weight excluding hydrogens is 224 g/mol. The van der Waals surface area contributed by atoms with Crippen LogP contribution in [-0.2, 0) is 11.2 Å². The van der Waals surface area contributed by atoms with Crippen LogP contribution in [0.25, 0.3) is 0 Å². The molecule has 3 nitrogen and oxygen atoms in total. The molecule has 0 heterocycles. The maximum absolute atomic E-state index is 11.5. The number of fused-ring (bicyclic) bond motifs is 1. The van der Waals surface area contributed by atoms with E-state index in [2.05, 4.69) is 17.4 Å². The van der Waals surface area contributed by atoms with Gasteiger partial charge in [-0.15, -0.1) is 12.4 Å². The van der Waals surface area contributed by atoms with Crippen LogP contribution in [0.5, 0.6) is 0 Å². The Labute approximate surface area is 102 Å². The van der Waals surface area contributed by atoms with Gasteiger partial charge >= 0.3 is 0 Å². The molecule has 4 heteroatoms. The van der Waals surface area contributed by atoms with Gasteiger partial charge in [0.25, 0.3) is 0 Å². The second-order valence-corrected chi connectivity index (χ2v) is 4.09. The number of hydrogen-bond acceptors (Lipinski definition) is 2. The van der Waals surface area contributed by atoms with E-state index in [1.165, 1.54) is 11.1 Å². The lowest BCUT2D eigenvalue weighted by Gasteiger charge is -2.15. The summed E-state index contributed by atoms with van der Waals surface area (Å²) in [5.74, 6) is -0.0725. The van der Waals surface area contributed by atoms with Gasteiger partial charge in [0.05, 0.1) is 12.1 Å². The van der Waals surface area contributed by atoms with Crippen molar-refractivity contribution in [2.45, 2.75) is 31.8 Å². The smallest absolute Gasteiger partial charge is 0.237 e. The molecule has 0 bridgehead atoms. The van der Waals surface area contributed by atoms with Crippen molar-refractivity contribution >= 4 is 18.3 Å². The number of nitrogens with two attached hydrogens (primary N) is 1. The van der Waals surface area contributed by atoms with Crippen molar-refractivity contribution in [3.63, 3.8) is 0 Å². The second kappa shape index (κ2) is 5.32. The highest BCUT2D eigenvalue weighted by Crippen LogP contribution is 2.30. The summed E-state index contributed by atoms with van der Waals surface area (Å²) in [7, 11) is 0. The zero-order chi connectivity index (χ0) is 10.8. The molecule has 0 radical (unpaired) electrons. The normalized spacial score (nSPS) is 19.5. The Kier molecular flexibility index (Phi) is 4.33. The molecule has 1 aliphatic carbocycles. The van der Waals surface area contributed by atoms with E-state index >= 15 is 0 Å². The van der Waals surface area contributed by atoms with Crippen LogP contribution in [0.4, 0.5) is 0 Å². The van der Waals surface area contributed by atoms with E-state index in [-0.39, 0.29) is 24.4 Å². The van der Waals surface area contributed by atoms with Crippen LogP contribution in [0.3, 0.4) is 0 Å². The van der Waals surface area contributed by atoms with Gasteiger partial charge in [0.2, 0.25) is 5.91 Å². The van der Waals surface area contributed by atoms with Gasteiger partial charge in [0.1, 0.15) is 0 Å². The Morgan fingerprint density at radius 2 is 2.19 bits per heavy atom. The Balaban J connectivity index is 0.00000128. The van der Waals surface area contributed by atoms with Crippen molar-refractivity contribution in [2.24, 2.45) is 5.73 Å². The van der Waals surface area contributed by atoms with Gasteiger partial charge in [-0.25, -0.2) is 0 Å². The van der Waals surface area contributed by atoms with E-state index < -0.39 is 6.04 Å². The van der Waals surface area contributed by atoms with Crippen molar-refractivity contribution < 1.29 is 4.79 Å². The minimum Gasteiger partial charge on any atom is -0.348 e. The van der Waals surface area contributed by atoms with Gasteiger partial charge in [-0.3, -0.25) is 4.79 Å². The van der Waals surface area contributed by atoms with Crippen LogP contribution in [0.1, 0.15) is 30.5 Å². The monoisotopic (exact) mass is 240 g/mol. The van der Waals surface area contributed by atoms with Crippen molar-refractivity contribution in [3.8, 4) is 0 Å². The second-order valence-electron chi connectivity index (χ2n) is 4.09. The largest absolute Gasteiger partial charge is 0.348 e. The SMILES string of the molecule is C[C@@H](N)C(=O)NC1CCc2ccccc21.Cl. The molecule has 0 saturated carbocycles. The molecule has 88 valence electrons. The fourth-order valence-electron chi connectivity index (χ4n) is 2.01. The van der Waals surface area contributed by atoms with Crippen LogP contribution < -0.4 is 11.1 Å². The standard InChI is InChI=1S/C12H16N2O.ClH/c1-8(13)12(15)14-11-7-6-9-4-2-3-5-10(9)11;/h2-5,8,11H,6-7,13H2,1H3,(H,14,15);1H/t8-,11?;/m1./s1. The van der Waals surface area contributed by atoms with Crippen molar-refractivity contribution in [1.82, 2.24) is 5.32 Å². The Bertz CT molecular complexity index is 379. The third-order valence-electron chi connectivity index (χ3n) is 2.86. The van der Waals surface area contributed by atoms with E-state index in [4.69, 9.17) is 5.73 Å². The maximum Gasteiger partial charge on any atom is 0.237 e. The van der Waals surface area contributed by atoms with Crippen molar-refractivity contribution in [3.05, 3.63) is 35.4 Å². The third kappa shape index (κ3) is 2.54. The lowest BCUT2D eigenvalue weighted by Crippen LogP contribution is -2.39. The molecular formula is C12H17ClN2O. The summed E-state index contributed by atoms with van der Waals surface area (Å²) in [6, 6.07) is 7.96. The molecule has 0 aromatic heterocycles. The van der Waals surface area contributed by atoms with Crippen molar-refractivity contribution in [2.75, 3.05) is 0 Å². The van der Waals surface area contributed by atoms with Gasteiger partial charge in [0, 0.05) is 0 Å². The minimum absolute atomic E-state index is 0. The van der Waals surface area contributed by atoms with E-state index in [1.807, 2.05) is 12.1 Å². The Hall–Kier alpha value is -1.06. The first kappa shape index (κ1) is 13.0. The summed E-state index contributed by atoms with van der Waals surface area (Å²) in [5.41, 5.74) is 8.10. The highest BCUT2D eigenvalue weighted by atomic mass is 35.5. The number of aryl methyl sites for hydroxylation is 1. The summed E-state index contributed by atoms with van der Waals surface area (Å²) in [4.78, 5) is 11.5. The van der Waals surface area contributed by atoms with Crippen LogP contribution in [0, 0.1) is 0 Å². The molecule has 2 atom stereocenters. The first-order valence-electron chi connectivity index (χ1n) is 5.32. The maximum atomic E-state index is 11.5. The van der Waals surface area contributed by atoms with E-state index in [9.17, 15) is 4.79 Å². The predicted octanol–water partition coefficient (Wildman–Crippen LogP) is 1.56. The quantitative estimate of drug-likeness (QED) is 0.824. The highest BCUT2D eigenvalue weighted by Gasteiger charge is 2.23. The summed E-state index contributed by atoms with van der Waals surface area (Å²) in [6.07, 6.45) is 2.03. The van der Waals surface area contributed by atoms with Gasteiger partial charge in [-0.1, -0.05) is 24.3 Å². The van der Waals surface area contributed by atoms with Crippen LogP contribution >= 0.6 is 12.4 Å². The molecule has 1 aromatic rings.